The molecule has 0 aromatic carbocycles. The van der Waals surface area contributed by atoms with Crippen LogP contribution < -0.4 is 11.1 Å². The largest absolute Gasteiger partial charge is 0.380 e. The minimum Gasteiger partial charge on any atom is -0.380 e. The molecular weight excluding hydrogens is 204 g/mol. The molecule has 3 N–H and O–H groups in total. The van der Waals surface area contributed by atoms with E-state index in [0.29, 0.717) is 19.0 Å². The minimum absolute atomic E-state index is 0.0733. The maximum Gasteiger partial charge on any atom is 0.222 e. The van der Waals surface area contributed by atoms with Gasteiger partial charge in [-0.2, -0.15) is 0 Å². The lowest BCUT2D eigenvalue weighted by atomic mass is 10.1. The molecule has 0 aromatic heterocycles. The van der Waals surface area contributed by atoms with Gasteiger partial charge in [0.15, 0.2) is 0 Å². The summed E-state index contributed by atoms with van der Waals surface area (Å²) in [4.78, 5) is 11.7. The number of rotatable bonds is 5. The van der Waals surface area contributed by atoms with E-state index in [4.69, 9.17) is 10.5 Å². The molecule has 4 heteroatoms. The SMILES string of the molecule is COC(CN)CC(=O)NC1CCCCCC1. The van der Waals surface area contributed by atoms with Crippen molar-refractivity contribution in [1.29, 1.82) is 0 Å². The third kappa shape index (κ3) is 4.94. The summed E-state index contributed by atoms with van der Waals surface area (Å²) in [6.45, 7) is 0.397. The van der Waals surface area contributed by atoms with Gasteiger partial charge in [0.05, 0.1) is 12.5 Å². The second kappa shape index (κ2) is 7.63. The lowest BCUT2D eigenvalue weighted by Gasteiger charge is -2.18. The first-order chi connectivity index (χ1) is 7.76. The third-order valence-electron chi connectivity index (χ3n) is 3.23. The molecule has 1 aliphatic carbocycles. The summed E-state index contributed by atoms with van der Waals surface area (Å²) in [6, 6.07) is 0.366. The predicted molar refractivity (Wildman–Crippen MR) is 64.1 cm³/mol. The van der Waals surface area contributed by atoms with Gasteiger partial charge in [0.25, 0.3) is 0 Å². The number of nitrogens with one attached hydrogen (secondary N) is 1. The highest BCUT2D eigenvalue weighted by Crippen LogP contribution is 2.17. The first-order valence-corrected chi connectivity index (χ1v) is 6.28. The van der Waals surface area contributed by atoms with Gasteiger partial charge in [0.1, 0.15) is 0 Å². The van der Waals surface area contributed by atoms with Crippen molar-refractivity contribution in [3.05, 3.63) is 0 Å². The van der Waals surface area contributed by atoms with Crippen LogP contribution in [-0.4, -0.2) is 31.7 Å². The summed E-state index contributed by atoms with van der Waals surface area (Å²) in [5.74, 6) is 0.0733. The Labute approximate surface area is 97.9 Å². The number of nitrogens with two attached hydrogens (primary N) is 1. The molecule has 1 aliphatic rings. The second-order valence-corrected chi connectivity index (χ2v) is 4.55. The summed E-state index contributed by atoms with van der Waals surface area (Å²) in [5.41, 5.74) is 5.48. The number of amides is 1. The molecule has 0 aromatic rings. The number of methoxy groups -OCH3 is 1. The van der Waals surface area contributed by atoms with Crippen molar-refractivity contribution in [2.75, 3.05) is 13.7 Å². The van der Waals surface area contributed by atoms with Crippen LogP contribution in [0.3, 0.4) is 0 Å². The molecule has 94 valence electrons. The van der Waals surface area contributed by atoms with Crippen molar-refractivity contribution in [3.8, 4) is 0 Å². The zero-order valence-electron chi connectivity index (χ0n) is 10.2. The fourth-order valence-electron chi connectivity index (χ4n) is 2.18. The van der Waals surface area contributed by atoms with Gasteiger partial charge in [-0.25, -0.2) is 0 Å². The van der Waals surface area contributed by atoms with Gasteiger partial charge < -0.3 is 15.8 Å². The van der Waals surface area contributed by atoms with Crippen LogP contribution in [0.25, 0.3) is 0 Å². The molecule has 1 saturated carbocycles. The Kier molecular flexibility index (Phi) is 6.42. The van der Waals surface area contributed by atoms with Crippen LogP contribution in [0.1, 0.15) is 44.9 Å². The highest BCUT2D eigenvalue weighted by atomic mass is 16.5. The van der Waals surface area contributed by atoms with Gasteiger partial charge in [-0.3, -0.25) is 4.79 Å². The maximum absolute atomic E-state index is 11.7. The Morgan fingerprint density at radius 3 is 2.50 bits per heavy atom. The minimum atomic E-state index is -0.147. The Morgan fingerprint density at radius 1 is 1.38 bits per heavy atom. The number of hydrogen-bond donors (Lipinski definition) is 2. The summed E-state index contributed by atoms with van der Waals surface area (Å²) < 4.78 is 5.10. The average molecular weight is 228 g/mol. The number of carbonyl (C=O) groups excluding carboxylic acids is 1. The van der Waals surface area contributed by atoms with Crippen molar-refractivity contribution < 1.29 is 9.53 Å². The summed E-state index contributed by atoms with van der Waals surface area (Å²) >= 11 is 0. The molecule has 0 saturated heterocycles. The fraction of sp³-hybridized carbons (Fsp3) is 0.917. The van der Waals surface area contributed by atoms with Crippen LogP contribution in [0, 0.1) is 0 Å². The molecule has 1 atom stereocenters. The predicted octanol–water partition coefficient (Wildman–Crippen LogP) is 1.19. The first kappa shape index (κ1) is 13.5. The van der Waals surface area contributed by atoms with Crippen molar-refractivity contribution in [2.45, 2.75) is 57.1 Å². The number of carbonyl (C=O) groups is 1. The molecule has 1 rings (SSSR count). The van der Waals surface area contributed by atoms with Gasteiger partial charge in [0, 0.05) is 19.7 Å². The van der Waals surface area contributed by atoms with Crippen LogP contribution in [-0.2, 0) is 9.53 Å². The van der Waals surface area contributed by atoms with E-state index in [0.717, 1.165) is 12.8 Å². The van der Waals surface area contributed by atoms with E-state index in [9.17, 15) is 4.79 Å². The molecule has 0 aliphatic heterocycles. The van der Waals surface area contributed by atoms with E-state index in [2.05, 4.69) is 5.32 Å². The van der Waals surface area contributed by atoms with Crippen molar-refractivity contribution in [3.63, 3.8) is 0 Å². The van der Waals surface area contributed by atoms with Crippen molar-refractivity contribution >= 4 is 5.91 Å². The van der Waals surface area contributed by atoms with Crippen LogP contribution in [0.2, 0.25) is 0 Å². The molecule has 0 spiro atoms. The van der Waals surface area contributed by atoms with E-state index in [1.54, 1.807) is 7.11 Å². The fourth-order valence-corrected chi connectivity index (χ4v) is 2.18. The van der Waals surface area contributed by atoms with E-state index in [1.807, 2.05) is 0 Å². The van der Waals surface area contributed by atoms with E-state index < -0.39 is 0 Å². The van der Waals surface area contributed by atoms with Gasteiger partial charge in [0.2, 0.25) is 5.91 Å². The standard InChI is InChI=1S/C12H24N2O2/c1-16-11(9-13)8-12(15)14-10-6-4-2-3-5-7-10/h10-11H,2-9,13H2,1H3,(H,14,15). The van der Waals surface area contributed by atoms with E-state index >= 15 is 0 Å². The van der Waals surface area contributed by atoms with Crippen LogP contribution in [0.15, 0.2) is 0 Å². The molecule has 1 amide bonds. The van der Waals surface area contributed by atoms with E-state index in [1.165, 1.54) is 25.7 Å². The molecular formula is C12H24N2O2. The Hall–Kier alpha value is -0.610. The Morgan fingerprint density at radius 2 is 2.00 bits per heavy atom. The van der Waals surface area contributed by atoms with Gasteiger partial charge in [-0.1, -0.05) is 25.7 Å². The van der Waals surface area contributed by atoms with Crippen molar-refractivity contribution in [2.24, 2.45) is 5.73 Å². The van der Waals surface area contributed by atoms with Crippen LogP contribution in [0.5, 0.6) is 0 Å². The zero-order valence-corrected chi connectivity index (χ0v) is 10.2. The molecule has 16 heavy (non-hydrogen) atoms. The van der Waals surface area contributed by atoms with Crippen LogP contribution >= 0.6 is 0 Å². The average Bonchev–Trinajstić information content (AvgIpc) is 2.54. The van der Waals surface area contributed by atoms with Crippen molar-refractivity contribution in [1.82, 2.24) is 5.32 Å². The Balaban J connectivity index is 2.26. The molecule has 0 bridgehead atoms. The molecule has 0 heterocycles. The van der Waals surface area contributed by atoms with Gasteiger partial charge in [-0.05, 0) is 12.8 Å². The van der Waals surface area contributed by atoms with Crippen LogP contribution in [0.4, 0.5) is 0 Å². The lowest BCUT2D eigenvalue weighted by Crippen LogP contribution is -2.38. The normalized spacial score (nSPS) is 20.1. The van der Waals surface area contributed by atoms with Gasteiger partial charge in [-0.15, -0.1) is 0 Å². The molecule has 4 nitrogen and oxygen atoms in total. The number of hydrogen-bond acceptors (Lipinski definition) is 3. The maximum atomic E-state index is 11.7. The monoisotopic (exact) mass is 228 g/mol. The highest BCUT2D eigenvalue weighted by molar-refractivity contribution is 5.76. The highest BCUT2D eigenvalue weighted by Gasteiger charge is 2.17. The number of ether oxygens (including phenoxy) is 1. The molecule has 0 radical (unpaired) electrons. The first-order valence-electron chi connectivity index (χ1n) is 6.28. The Bertz CT molecular complexity index is 197. The van der Waals surface area contributed by atoms with E-state index in [-0.39, 0.29) is 12.0 Å². The van der Waals surface area contributed by atoms with Gasteiger partial charge >= 0.3 is 0 Å². The summed E-state index contributed by atoms with van der Waals surface area (Å²) in [6.07, 6.45) is 7.53. The summed E-state index contributed by atoms with van der Waals surface area (Å²) in [7, 11) is 1.59. The quantitative estimate of drug-likeness (QED) is 0.695. The third-order valence-corrected chi connectivity index (χ3v) is 3.23. The zero-order chi connectivity index (χ0) is 11.8. The second-order valence-electron chi connectivity index (χ2n) is 4.55. The topological polar surface area (TPSA) is 64.3 Å². The molecule has 1 unspecified atom stereocenters. The molecule has 1 fully saturated rings. The lowest BCUT2D eigenvalue weighted by molar-refractivity contribution is -0.124. The summed E-state index contributed by atoms with van der Waals surface area (Å²) in [5, 5.41) is 3.08. The smallest absolute Gasteiger partial charge is 0.222 e.